The second-order valence-corrected chi connectivity index (χ2v) is 10.2. The van der Waals surface area contributed by atoms with Crippen molar-refractivity contribution in [2.24, 2.45) is 5.92 Å². The summed E-state index contributed by atoms with van der Waals surface area (Å²) in [6.07, 6.45) is 1.34. The molecule has 7 heteroatoms. The number of nitrogens with zero attached hydrogens (tertiary/aromatic N) is 1. The third-order valence-electron chi connectivity index (χ3n) is 5.05. The van der Waals surface area contributed by atoms with Crippen LogP contribution in [0.1, 0.15) is 29.5 Å². The van der Waals surface area contributed by atoms with Gasteiger partial charge in [-0.25, -0.2) is 8.42 Å². The highest BCUT2D eigenvalue weighted by Crippen LogP contribution is 2.29. The van der Waals surface area contributed by atoms with Gasteiger partial charge in [0.1, 0.15) is 0 Å². The van der Waals surface area contributed by atoms with Crippen LogP contribution in [0, 0.1) is 26.7 Å². The quantitative estimate of drug-likeness (QED) is 0.728. The molecule has 1 aliphatic rings. The summed E-state index contributed by atoms with van der Waals surface area (Å²) < 4.78 is 28.9. The van der Waals surface area contributed by atoms with Gasteiger partial charge in [0.2, 0.25) is 15.9 Å². The zero-order chi connectivity index (χ0) is 20.5. The molecule has 2 aromatic carbocycles. The number of sulfonamides is 1. The number of amides is 1. The third-order valence-corrected chi connectivity index (χ3v) is 7.71. The van der Waals surface area contributed by atoms with E-state index in [2.05, 4.69) is 21.2 Å². The molecule has 1 amide bonds. The van der Waals surface area contributed by atoms with E-state index in [1.54, 1.807) is 0 Å². The van der Waals surface area contributed by atoms with E-state index in [1.807, 2.05) is 57.2 Å². The number of piperidine rings is 1. The normalized spacial score (nSPS) is 18.1. The number of carbonyl (C=O) groups is 1. The predicted octanol–water partition coefficient (Wildman–Crippen LogP) is 4.41. The summed E-state index contributed by atoms with van der Waals surface area (Å²) in [5.41, 5.74) is 3.24. The lowest BCUT2D eigenvalue weighted by Crippen LogP contribution is -2.44. The first-order valence-electron chi connectivity index (χ1n) is 9.33. The Labute approximate surface area is 175 Å². The maximum absolute atomic E-state index is 13.3. The van der Waals surface area contributed by atoms with E-state index >= 15 is 0 Å². The van der Waals surface area contributed by atoms with Gasteiger partial charge < -0.3 is 5.32 Å². The monoisotopic (exact) mass is 464 g/mol. The molecular weight excluding hydrogens is 440 g/mol. The minimum absolute atomic E-state index is 0.143. The van der Waals surface area contributed by atoms with Gasteiger partial charge in [0.25, 0.3) is 0 Å². The highest BCUT2D eigenvalue weighted by molar-refractivity contribution is 9.10. The summed E-state index contributed by atoms with van der Waals surface area (Å²) >= 11 is 3.39. The first-order chi connectivity index (χ1) is 13.2. The number of aryl methyl sites for hydroxylation is 3. The van der Waals surface area contributed by atoms with E-state index in [4.69, 9.17) is 0 Å². The standard InChI is InChI=1S/C21H25BrN2O3S/c1-14-10-15(2)20(16(3)11-14)28(26,27)24-9-5-6-17(13-24)21(25)23-19-8-4-7-18(22)12-19/h4,7-8,10-12,17H,5-6,9,13H2,1-3H3,(H,23,25)/t17-/m1/s1. The highest BCUT2D eigenvalue weighted by Gasteiger charge is 2.34. The Bertz CT molecular complexity index is 981. The summed E-state index contributed by atoms with van der Waals surface area (Å²) in [5, 5.41) is 2.90. The topological polar surface area (TPSA) is 66.5 Å². The summed E-state index contributed by atoms with van der Waals surface area (Å²) in [6.45, 7) is 6.26. The Balaban J connectivity index is 1.80. The number of anilines is 1. The van der Waals surface area contributed by atoms with Crippen molar-refractivity contribution < 1.29 is 13.2 Å². The van der Waals surface area contributed by atoms with Crippen molar-refractivity contribution in [1.29, 1.82) is 0 Å². The molecule has 1 N–H and O–H groups in total. The van der Waals surface area contributed by atoms with Crippen molar-refractivity contribution in [3.63, 3.8) is 0 Å². The lowest BCUT2D eigenvalue weighted by atomic mass is 9.99. The van der Waals surface area contributed by atoms with Gasteiger partial charge in [0.05, 0.1) is 10.8 Å². The minimum atomic E-state index is -3.64. The second-order valence-electron chi connectivity index (χ2n) is 7.43. The molecule has 150 valence electrons. The minimum Gasteiger partial charge on any atom is -0.326 e. The van der Waals surface area contributed by atoms with Crippen LogP contribution in [-0.4, -0.2) is 31.7 Å². The fourth-order valence-corrected chi connectivity index (χ4v) is 6.22. The van der Waals surface area contributed by atoms with Crippen LogP contribution in [0.25, 0.3) is 0 Å². The maximum Gasteiger partial charge on any atom is 0.243 e. The van der Waals surface area contributed by atoms with Crippen LogP contribution in [-0.2, 0) is 14.8 Å². The van der Waals surface area contributed by atoms with Gasteiger partial charge in [0.15, 0.2) is 0 Å². The number of nitrogens with one attached hydrogen (secondary N) is 1. The lowest BCUT2D eigenvalue weighted by molar-refractivity contribution is -0.120. The molecule has 2 aromatic rings. The summed E-state index contributed by atoms with van der Waals surface area (Å²) in [7, 11) is -3.64. The molecular formula is C21H25BrN2O3S. The van der Waals surface area contributed by atoms with Gasteiger partial charge in [-0.1, -0.05) is 39.7 Å². The van der Waals surface area contributed by atoms with Crippen LogP contribution in [0.5, 0.6) is 0 Å². The molecule has 0 aliphatic carbocycles. The van der Waals surface area contributed by atoms with E-state index in [0.717, 1.165) is 21.2 Å². The summed E-state index contributed by atoms with van der Waals surface area (Å²) in [5.74, 6) is -0.510. The Hall–Kier alpha value is -1.70. The van der Waals surface area contributed by atoms with Gasteiger partial charge >= 0.3 is 0 Å². The van der Waals surface area contributed by atoms with Crippen molar-refractivity contribution in [2.45, 2.75) is 38.5 Å². The van der Waals surface area contributed by atoms with Crippen LogP contribution in [0.4, 0.5) is 5.69 Å². The smallest absolute Gasteiger partial charge is 0.243 e. The van der Waals surface area contributed by atoms with Gasteiger partial charge in [-0.3, -0.25) is 4.79 Å². The molecule has 0 saturated carbocycles. The molecule has 1 fully saturated rings. The fraction of sp³-hybridized carbons (Fsp3) is 0.381. The molecule has 5 nitrogen and oxygen atoms in total. The van der Waals surface area contributed by atoms with E-state index in [-0.39, 0.29) is 18.4 Å². The first-order valence-corrected chi connectivity index (χ1v) is 11.6. The van der Waals surface area contributed by atoms with Crippen LogP contribution >= 0.6 is 15.9 Å². The maximum atomic E-state index is 13.3. The molecule has 3 rings (SSSR count). The number of hydrogen-bond donors (Lipinski definition) is 1. The van der Waals surface area contributed by atoms with Gasteiger partial charge in [-0.15, -0.1) is 0 Å². The first kappa shape index (κ1) is 21.0. The summed E-state index contributed by atoms with van der Waals surface area (Å²) in [4.78, 5) is 13.1. The van der Waals surface area contributed by atoms with Crippen molar-refractivity contribution >= 4 is 37.5 Å². The molecule has 0 aromatic heterocycles. The highest BCUT2D eigenvalue weighted by atomic mass is 79.9. The van der Waals surface area contributed by atoms with Crippen LogP contribution in [0.15, 0.2) is 45.8 Å². The van der Waals surface area contributed by atoms with Crippen LogP contribution in [0.2, 0.25) is 0 Å². The number of rotatable bonds is 4. The van der Waals surface area contributed by atoms with Gasteiger partial charge in [-0.2, -0.15) is 4.31 Å². The average molecular weight is 465 g/mol. The number of hydrogen-bond acceptors (Lipinski definition) is 3. The van der Waals surface area contributed by atoms with Gasteiger partial charge in [-0.05, 0) is 62.9 Å². The largest absolute Gasteiger partial charge is 0.326 e. The predicted molar refractivity (Wildman–Crippen MR) is 115 cm³/mol. The Morgan fingerprint density at radius 1 is 1.14 bits per heavy atom. The molecule has 0 spiro atoms. The number of benzene rings is 2. The summed E-state index contributed by atoms with van der Waals surface area (Å²) in [6, 6.07) is 11.2. The fourth-order valence-electron chi connectivity index (χ4n) is 3.89. The molecule has 1 saturated heterocycles. The molecule has 0 radical (unpaired) electrons. The second kappa shape index (κ2) is 8.35. The molecule has 1 heterocycles. The van der Waals surface area contributed by atoms with E-state index in [0.29, 0.717) is 30.0 Å². The van der Waals surface area contributed by atoms with Crippen LogP contribution in [0.3, 0.4) is 0 Å². The zero-order valence-electron chi connectivity index (χ0n) is 16.3. The molecule has 1 aliphatic heterocycles. The van der Waals surface area contributed by atoms with Crippen LogP contribution < -0.4 is 5.32 Å². The van der Waals surface area contributed by atoms with Crippen molar-refractivity contribution in [2.75, 3.05) is 18.4 Å². The van der Waals surface area contributed by atoms with Crippen molar-refractivity contribution in [1.82, 2.24) is 4.31 Å². The van der Waals surface area contributed by atoms with Crippen molar-refractivity contribution in [3.05, 3.63) is 57.6 Å². The van der Waals surface area contributed by atoms with Gasteiger partial charge in [0, 0.05) is 23.2 Å². The van der Waals surface area contributed by atoms with E-state index in [1.165, 1.54) is 4.31 Å². The van der Waals surface area contributed by atoms with E-state index in [9.17, 15) is 13.2 Å². The average Bonchev–Trinajstić information content (AvgIpc) is 2.60. The molecule has 0 bridgehead atoms. The Morgan fingerprint density at radius 2 is 1.82 bits per heavy atom. The Kier molecular flexibility index (Phi) is 6.27. The number of halogens is 1. The zero-order valence-corrected chi connectivity index (χ0v) is 18.7. The Morgan fingerprint density at radius 3 is 2.46 bits per heavy atom. The molecule has 28 heavy (non-hydrogen) atoms. The number of carbonyl (C=O) groups excluding carboxylic acids is 1. The molecule has 1 atom stereocenters. The lowest BCUT2D eigenvalue weighted by Gasteiger charge is -2.32. The van der Waals surface area contributed by atoms with Crippen molar-refractivity contribution in [3.8, 4) is 0 Å². The SMILES string of the molecule is Cc1cc(C)c(S(=O)(=O)N2CCC[C@@H](C(=O)Nc3cccc(Br)c3)C2)c(C)c1. The van der Waals surface area contributed by atoms with E-state index < -0.39 is 10.0 Å². The molecule has 0 unspecified atom stereocenters. The third kappa shape index (κ3) is 4.47.